The molecule has 4 nitrogen and oxygen atoms in total. The van der Waals surface area contributed by atoms with Crippen molar-refractivity contribution < 1.29 is 4.79 Å². The molecule has 0 radical (unpaired) electrons. The van der Waals surface area contributed by atoms with E-state index in [2.05, 4.69) is 15.6 Å². The lowest BCUT2D eigenvalue weighted by atomic mass is 10.1. The van der Waals surface area contributed by atoms with Crippen LogP contribution in [-0.4, -0.2) is 30.0 Å². The molecular formula is C14H15N3O. The molecule has 0 saturated carbocycles. The Morgan fingerprint density at radius 3 is 3.06 bits per heavy atom. The van der Waals surface area contributed by atoms with Crippen molar-refractivity contribution in [2.75, 3.05) is 13.1 Å². The number of carbonyl (C=O) groups excluding carboxylic acids is 1. The number of carbonyl (C=O) groups is 1. The zero-order valence-corrected chi connectivity index (χ0v) is 10.0. The van der Waals surface area contributed by atoms with E-state index in [1.165, 1.54) is 0 Å². The number of aromatic nitrogens is 1. The molecule has 2 heterocycles. The normalized spacial score (nSPS) is 19.0. The van der Waals surface area contributed by atoms with Crippen LogP contribution in [0.4, 0.5) is 0 Å². The minimum atomic E-state index is -0.0118. The molecule has 1 aromatic carbocycles. The molecule has 1 aliphatic heterocycles. The van der Waals surface area contributed by atoms with Crippen LogP contribution in [0.3, 0.4) is 0 Å². The predicted octanol–water partition coefficient (Wildman–Crippen LogP) is 1.33. The van der Waals surface area contributed by atoms with E-state index in [9.17, 15) is 4.79 Å². The van der Waals surface area contributed by atoms with Crippen LogP contribution in [0.2, 0.25) is 0 Å². The van der Waals surface area contributed by atoms with E-state index in [4.69, 9.17) is 0 Å². The Bertz CT molecular complexity index is 571. The number of nitrogens with one attached hydrogen (secondary N) is 2. The SMILES string of the molecule is O=C(NC1CCNC1)c1ccnc2ccccc12. The third-order valence-electron chi connectivity index (χ3n) is 3.29. The lowest BCUT2D eigenvalue weighted by molar-refractivity contribution is 0.0941. The van der Waals surface area contributed by atoms with Crippen molar-refractivity contribution in [3.63, 3.8) is 0 Å². The lowest BCUT2D eigenvalue weighted by Gasteiger charge is -2.12. The molecule has 1 unspecified atom stereocenters. The van der Waals surface area contributed by atoms with Gasteiger partial charge in [-0.15, -0.1) is 0 Å². The molecule has 2 aromatic rings. The molecule has 3 rings (SSSR count). The highest BCUT2D eigenvalue weighted by molar-refractivity contribution is 6.06. The number of fused-ring (bicyclic) bond motifs is 1. The third kappa shape index (κ3) is 2.07. The summed E-state index contributed by atoms with van der Waals surface area (Å²) in [7, 11) is 0. The van der Waals surface area contributed by atoms with E-state index >= 15 is 0 Å². The Balaban J connectivity index is 1.91. The lowest BCUT2D eigenvalue weighted by Crippen LogP contribution is -2.36. The Morgan fingerprint density at radius 1 is 1.33 bits per heavy atom. The number of benzene rings is 1. The number of hydrogen-bond donors (Lipinski definition) is 2. The molecule has 92 valence electrons. The predicted molar refractivity (Wildman–Crippen MR) is 70.5 cm³/mol. The third-order valence-corrected chi connectivity index (χ3v) is 3.29. The molecule has 1 atom stereocenters. The van der Waals surface area contributed by atoms with Gasteiger partial charge in [0.2, 0.25) is 0 Å². The monoisotopic (exact) mass is 241 g/mol. The van der Waals surface area contributed by atoms with Gasteiger partial charge in [0.25, 0.3) is 5.91 Å². The van der Waals surface area contributed by atoms with Gasteiger partial charge in [-0.25, -0.2) is 0 Å². The fourth-order valence-corrected chi connectivity index (χ4v) is 2.33. The number of nitrogens with zero attached hydrogens (tertiary/aromatic N) is 1. The number of rotatable bonds is 2. The second-order valence-corrected chi connectivity index (χ2v) is 4.54. The minimum absolute atomic E-state index is 0.0118. The van der Waals surface area contributed by atoms with Crippen molar-refractivity contribution in [3.8, 4) is 0 Å². The summed E-state index contributed by atoms with van der Waals surface area (Å²) < 4.78 is 0. The van der Waals surface area contributed by atoms with Crippen LogP contribution >= 0.6 is 0 Å². The number of pyridine rings is 1. The van der Waals surface area contributed by atoms with Gasteiger partial charge >= 0.3 is 0 Å². The minimum Gasteiger partial charge on any atom is -0.348 e. The molecule has 0 aliphatic carbocycles. The molecule has 4 heteroatoms. The summed E-state index contributed by atoms with van der Waals surface area (Å²) in [5.74, 6) is -0.0118. The van der Waals surface area contributed by atoms with Crippen molar-refractivity contribution in [1.82, 2.24) is 15.6 Å². The van der Waals surface area contributed by atoms with Gasteiger partial charge in [0.15, 0.2) is 0 Å². The summed E-state index contributed by atoms with van der Waals surface area (Å²) in [6.07, 6.45) is 2.68. The molecule has 1 fully saturated rings. The fourth-order valence-electron chi connectivity index (χ4n) is 2.33. The first-order valence-corrected chi connectivity index (χ1v) is 6.20. The van der Waals surface area contributed by atoms with Crippen LogP contribution in [0, 0.1) is 0 Å². The molecule has 1 aliphatic rings. The Labute approximate surface area is 105 Å². The van der Waals surface area contributed by atoms with Crippen molar-refractivity contribution >= 4 is 16.8 Å². The Morgan fingerprint density at radius 2 is 2.22 bits per heavy atom. The van der Waals surface area contributed by atoms with E-state index in [-0.39, 0.29) is 11.9 Å². The van der Waals surface area contributed by atoms with E-state index in [0.717, 1.165) is 30.4 Å². The molecule has 2 N–H and O–H groups in total. The highest BCUT2D eigenvalue weighted by Crippen LogP contribution is 2.16. The quantitative estimate of drug-likeness (QED) is 0.834. The van der Waals surface area contributed by atoms with E-state index in [0.29, 0.717) is 5.56 Å². The molecular weight excluding hydrogens is 226 g/mol. The first-order valence-electron chi connectivity index (χ1n) is 6.20. The van der Waals surface area contributed by atoms with Gasteiger partial charge in [-0.3, -0.25) is 9.78 Å². The van der Waals surface area contributed by atoms with Crippen molar-refractivity contribution in [2.24, 2.45) is 0 Å². The summed E-state index contributed by atoms with van der Waals surface area (Å²) >= 11 is 0. The first kappa shape index (κ1) is 11.2. The Hall–Kier alpha value is -1.94. The second-order valence-electron chi connectivity index (χ2n) is 4.54. The topological polar surface area (TPSA) is 54.0 Å². The van der Waals surface area contributed by atoms with Gasteiger partial charge < -0.3 is 10.6 Å². The van der Waals surface area contributed by atoms with Gasteiger partial charge in [-0.2, -0.15) is 0 Å². The number of amides is 1. The van der Waals surface area contributed by atoms with E-state index in [1.54, 1.807) is 12.3 Å². The molecule has 1 aromatic heterocycles. The van der Waals surface area contributed by atoms with Crippen LogP contribution in [0.5, 0.6) is 0 Å². The van der Waals surface area contributed by atoms with Crippen LogP contribution in [0.1, 0.15) is 16.8 Å². The number of para-hydroxylation sites is 1. The van der Waals surface area contributed by atoms with Crippen LogP contribution in [-0.2, 0) is 0 Å². The molecule has 0 bridgehead atoms. The highest BCUT2D eigenvalue weighted by atomic mass is 16.1. The van der Waals surface area contributed by atoms with Crippen LogP contribution < -0.4 is 10.6 Å². The van der Waals surface area contributed by atoms with Crippen LogP contribution in [0.15, 0.2) is 36.5 Å². The molecule has 1 amide bonds. The molecule has 0 spiro atoms. The van der Waals surface area contributed by atoms with Gasteiger partial charge in [-0.05, 0) is 25.1 Å². The fraction of sp³-hybridized carbons (Fsp3) is 0.286. The maximum Gasteiger partial charge on any atom is 0.252 e. The highest BCUT2D eigenvalue weighted by Gasteiger charge is 2.18. The maximum atomic E-state index is 12.2. The van der Waals surface area contributed by atoms with Gasteiger partial charge in [-0.1, -0.05) is 18.2 Å². The number of hydrogen-bond acceptors (Lipinski definition) is 3. The average molecular weight is 241 g/mol. The second kappa shape index (κ2) is 4.74. The summed E-state index contributed by atoms with van der Waals surface area (Å²) in [6.45, 7) is 1.83. The zero-order chi connectivity index (χ0) is 12.4. The van der Waals surface area contributed by atoms with Crippen molar-refractivity contribution in [1.29, 1.82) is 0 Å². The molecule has 18 heavy (non-hydrogen) atoms. The summed E-state index contributed by atoms with van der Waals surface area (Å²) in [4.78, 5) is 16.5. The zero-order valence-electron chi connectivity index (χ0n) is 10.0. The summed E-state index contributed by atoms with van der Waals surface area (Å²) in [6, 6.07) is 9.73. The standard InChI is InChI=1S/C14H15N3O/c18-14(17-10-5-7-15-9-10)12-6-8-16-13-4-2-1-3-11(12)13/h1-4,6,8,10,15H,5,7,9H2,(H,17,18). The van der Waals surface area contributed by atoms with Gasteiger partial charge in [0, 0.05) is 24.2 Å². The van der Waals surface area contributed by atoms with Gasteiger partial charge in [0.05, 0.1) is 11.1 Å². The van der Waals surface area contributed by atoms with Gasteiger partial charge in [0.1, 0.15) is 0 Å². The van der Waals surface area contributed by atoms with Crippen molar-refractivity contribution in [3.05, 3.63) is 42.1 Å². The molecule has 1 saturated heterocycles. The first-order chi connectivity index (χ1) is 8.84. The Kier molecular flexibility index (Phi) is 2.94. The smallest absolute Gasteiger partial charge is 0.252 e. The average Bonchev–Trinajstić information content (AvgIpc) is 2.91. The summed E-state index contributed by atoms with van der Waals surface area (Å²) in [5.41, 5.74) is 1.56. The van der Waals surface area contributed by atoms with E-state index in [1.807, 2.05) is 24.3 Å². The summed E-state index contributed by atoms with van der Waals surface area (Å²) in [5, 5.41) is 7.20. The largest absolute Gasteiger partial charge is 0.348 e. The van der Waals surface area contributed by atoms with E-state index < -0.39 is 0 Å². The van der Waals surface area contributed by atoms with Crippen molar-refractivity contribution in [2.45, 2.75) is 12.5 Å². The maximum absolute atomic E-state index is 12.2. The van der Waals surface area contributed by atoms with Crippen LogP contribution in [0.25, 0.3) is 10.9 Å².